The summed E-state index contributed by atoms with van der Waals surface area (Å²) in [5.74, 6) is -1.78. The molecule has 4 heterocycles. The van der Waals surface area contributed by atoms with Crippen molar-refractivity contribution in [3.05, 3.63) is 60.1 Å². The molecule has 0 radical (unpaired) electrons. The third kappa shape index (κ3) is 4.12. The highest BCUT2D eigenvalue weighted by atomic mass is 16.6. The Morgan fingerprint density at radius 3 is 1.40 bits per heavy atom. The zero-order valence-corrected chi connectivity index (χ0v) is 21.6. The van der Waals surface area contributed by atoms with E-state index in [-0.39, 0.29) is 93.4 Å². The zero-order chi connectivity index (χ0) is 28.3. The molecule has 206 valence electrons. The Morgan fingerprint density at radius 1 is 0.650 bits per heavy atom. The summed E-state index contributed by atoms with van der Waals surface area (Å²) in [6.07, 6.45) is 2.37. The highest BCUT2D eigenvalue weighted by molar-refractivity contribution is 5.90. The molecule has 2 aromatic carbocycles. The number of esters is 2. The molecule has 4 N–H and O–H groups in total. The number of benzene rings is 2. The third-order valence-electron chi connectivity index (χ3n) is 7.52. The van der Waals surface area contributed by atoms with Crippen LogP contribution in [0.25, 0.3) is 33.8 Å². The lowest BCUT2D eigenvalue weighted by Gasteiger charge is -2.14. The van der Waals surface area contributed by atoms with E-state index in [1.54, 1.807) is 12.1 Å². The van der Waals surface area contributed by atoms with E-state index in [0.717, 1.165) is 0 Å². The molecule has 10 heteroatoms. The zero-order valence-electron chi connectivity index (χ0n) is 21.6. The SMILES string of the molecule is C[C@H]1CC(=O)O[C@@H]1c1coc(-c2c(O)ccc(-c3ccc(O)c(-c4cc([C@H]5OC(=O)C[C@@H]5C)co4)c3O)c2O)c1. The second-order valence-corrected chi connectivity index (χ2v) is 10.4. The summed E-state index contributed by atoms with van der Waals surface area (Å²) in [7, 11) is 0. The molecule has 2 aliphatic heterocycles. The van der Waals surface area contributed by atoms with Gasteiger partial charge in [0, 0.05) is 34.1 Å². The van der Waals surface area contributed by atoms with Crippen molar-refractivity contribution < 1.29 is 48.3 Å². The summed E-state index contributed by atoms with van der Waals surface area (Å²) in [5, 5.41) is 43.7. The second kappa shape index (κ2) is 9.41. The van der Waals surface area contributed by atoms with Crippen LogP contribution < -0.4 is 0 Å². The number of aromatic hydroxyl groups is 4. The molecule has 0 bridgehead atoms. The van der Waals surface area contributed by atoms with Crippen LogP contribution in [-0.2, 0) is 19.1 Å². The maximum Gasteiger partial charge on any atom is 0.306 e. The molecule has 4 aromatic rings. The minimum atomic E-state index is -0.505. The van der Waals surface area contributed by atoms with Crippen molar-refractivity contribution in [2.75, 3.05) is 0 Å². The van der Waals surface area contributed by atoms with E-state index in [1.807, 2.05) is 13.8 Å². The Hall–Kier alpha value is -4.86. The van der Waals surface area contributed by atoms with Crippen molar-refractivity contribution in [2.24, 2.45) is 11.8 Å². The number of carbonyl (C=O) groups is 2. The molecule has 2 aliphatic rings. The molecule has 0 aliphatic carbocycles. The van der Waals surface area contributed by atoms with Gasteiger partial charge in [0.1, 0.15) is 57.9 Å². The van der Waals surface area contributed by atoms with Gasteiger partial charge in [-0.2, -0.15) is 0 Å². The van der Waals surface area contributed by atoms with Crippen molar-refractivity contribution in [2.45, 2.75) is 38.9 Å². The number of hydrogen-bond donors (Lipinski definition) is 4. The van der Waals surface area contributed by atoms with Crippen LogP contribution in [0, 0.1) is 11.8 Å². The van der Waals surface area contributed by atoms with Gasteiger partial charge in [-0.25, -0.2) is 0 Å². The number of carbonyl (C=O) groups excluding carboxylic acids is 2. The van der Waals surface area contributed by atoms with E-state index < -0.39 is 12.2 Å². The van der Waals surface area contributed by atoms with Crippen LogP contribution in [0.1, 0.15) is 50.0 Å². The van der Waals surface area contributed by atoms with Gasteiger partial charge in [-0.05, 0) is 36.4 Å². The molecular weight excluding hydrogens is 520 g/mol. The molecule has 2 aromatic heterocycles. The largest absolute Gasteiger partial charge is 0.507 e. The second-order valence-electron chi connectivity index (χ2n) is 10.4. The van der Waals surface area contributed by atoms with E-state index in [0.29, 0.717) is 11.1 Å². The topological polar surface area (TPSA) is 160 Å². The fourth-order valence-electron chi connectivity index (χ4n) is 5.49. The fraction of sp³-hybridized carbons (Fsp3) is 0.267. The Balaban J connectivity index is 1.38. The summed E-state index contributed by atoms with van der Waals surface area (Å²) >= 11 is 0. The van der Waals surface area contributed by atoms with Gasteiger partial charge in [0.05, 0.1) is 25.4 Å². The molecule has 40 heavy (non-hydrogen) atoms. The smallest absolute Gasteiger partial charge is 0.306 e. The Kier molecular flexibility index (Phi) is 5.98. The van der Waals surface area contributed by atoms with Crippen LogP contribution in [0.5, 0.6) is 23.0 Å². The van der Waals surface area contributed by atoms with Crippen LogP contribution >= 0.6 is 0 Å². The van der Waals surface area contributed by atoms with Gasteiger partial charge in [0.25, 0.3) is 0 Å². The van der Waals surface area contributed by atoms with Gasteiger partial charge in [-0.3, -0.25) is 9.59 Å². The Bertz CT molecular complexity index is 1520. The van der Waals surface area contributed by atoms with E-state index in [9.17, 15) is 30.0 Å². The van der Waals surface area contributed by atoms with Crippen molar-refractivity contribution >= 4 is 11.9 Å². The van der Waals surface area contributed by atoms with Gasteiger partial charge < -0.3 is 38.7 Å². The summed E-state index contributed by atoms with van der Waals surface area (Å²) in [6, 6.07) is 8.70. The molecule has 4 atom stereocenters. The number of furan rings is 2. The van der Waals surface area contributed by atoms with Crippen LogP contribution in [-0.4, -0.2) is 32.4 Å². The average Bonchev–Trinajstić information content (AvgIpc) is 3.68. The minimum Gasteiger partial charge on any atom is -0.507 e. The molecule has 2 fully saturated rings. The van der Waals surface area contributed by atoms with E-state index in [2.05, 4.69) is 0 Å². The molecule has 0 spiro atoms. The molecular formula is C30H26O10. The minimum absolute atomic E-state index is 0.0212. The maximum atomic E-state index is 11.7. The molecule has 2 saturated heterocycles. The Morgan fingerprint density at radius 2 is 1.05 bits per heavy atom. The quantitative estimate of drug-likeness (QED) is 0.220. The predicted molar refractivity (Wildman–Crippen MR) is 139 cm³/mol. The summed E-state index contributed by atoms with van der Waals surface area (Å²) in [5.41, 5.74) is 1.43. The monoisotopic (exact) mass is 546 g/mol. The van der Waals surface area contributed by atoms with E-state index in [4.69, 9.17) is 18.3 Å². The first-order valence-electron chi connectivity index (χ1n) is 12.8. The summed E-state index contributed by atoms with van der Waals surface area (Å²) in [4.78, 5) is 23.4. The van der Waals surface area contributed by atoms with Gasteiger partial charge in [0.2, 0.25) is 0 Å². The molecule has 0 unspecified atom stereocenters. The lowest BCUT2D eigenvalue weighted by molar-refractivity contribution is -0.142. The highest BCUT2D eigenvalue weighted by Crippen LogP contribution is 2.51. The van der Waals surface area contributed by atoms with Gasteiger partial charge in [-0.15, -0.1) is 0 Å². The number of phenolic OH excluding ortho intramolecular Hbond substituents is 4. The van der Waals surface area contributed by atoms with Crippen molar-refractivity contribution in [3.8, 4) is 56.8 Å². The van der Waals surface area contributed by atoms with Gasteiger partial charge >= 0.3 is 11.9 Å². The number of rotatable bonds is 5. The Labute approximate surface area is 228 Å². The van der Waals surface area contributed by atoms with Crippen molar-refractivity contribution in [3.63, 3.8) is 0 Å². The van der Waals surface area contributed by atoms with Crippen molar-refractivity contribution in [1.29, 1.82) is 0 Å². The third-order valence-corrected chi connectivity index (χ3v) is 7.52. The standard InChI is InChI=1S/C30H26O10/c1-13-7-23(33)39-29(13)15-9-21(37-11-15)25-19(31)5-3-17(27(25)35)18-4-6-20(32)26(28(18)36)22-10-16(12-38-22)30-14(2)8-24(34)40-30/h3-6,9-14,29-32,35-36H,7-8H2,1-2H3/t13-,14-,29-,30-/m0/s1. The molecule has 6 rings (SSSR count). The fourth-order valence-corrected chi connectivity index (χ4v) is 5.49. The lowest BCUT2D eigenvalue weighted by Crippen LogP contribution is -2.02. The van der Waals surface area contributed by atoms with Gasteiger partial charge in [-0.1, -0.05) is 13.8 Å². The first-order chi connectivity index (χ1) is 19.1. The summed E-state index contributed by atoms with van der Waals surface area (Å²) < 4.78 is 22.0. The molecule has 0 amide bonds. The molecule has 0 saturated carbocycles. The van der Waals surface area contributed by atoms with Gasteiger partial charge in [0.15, 0.2) is 0 Å². The average molecular weight is 547 g/mol. The van der Waals surface area contributed by atoms with Crippen LogP contribution in [0.2, 0.25) is 0 Å². The first kappa shape index (κ1) is 25.4. The highest BCUT2D eigenvalue weighted by Gasteiger charge is 2.35. The van der Waals surface area contributed by atoms with E-state index >= 15 is 0 Å². The predicted octanol–water partition coefficient (Wildman–Crippen LogP) is 5.94. The summed E-state index contributed by atoms with van der Waals surface area (Å²) in [6.45, 7) is 3.76. The number of ether oxygens (including phenoxy) is 2. The van der Waals surface area contributed by atoms with E-state index in [1.165, 1.54) is 36.8 Å². The normalized spacial score (nSPS) is 22.4. The van der Waals surface area contributed by atoms with Crippen LogP contribution in [0.15, 0.2) is 57.8 Å². The van der Waals surface area contributed by atoms with Crippen LogP contribution in [0.4, 0.5) is 0 Å². The first-order valence-corrected chi connectivity index (χ1v) is 12.8. The number of phenols is 4. The lowest BCUT2D eigenvalue weighted by atomic mass is 9.94. The number of hydrogen-bond acceptors (Lipinski definition) is 10. The van der Waals surface area contributed by atoms with Crippen LogP contribution in [0.3, 0.4) is 0 Å². The maximum absolute atomic E-state index is 11.7. The van der Waals surface area contributed by atoms with Crippen molar-refractivity contribution in [1.82, 2.24) is 0 Å². The molecule has 10 nitrogen and oxygen atoms in total. The number of cyclic esters (lactones) is 2.